The molecule has 41 heavy (non-hydrogen) atoms. The number of aryl methyl sites for hydroxylation is 1. The number of carbonyl (C=O) groups is 3. The van der Waals surface area contributed by atoms with Crippen molar-refractivity contribution in [3.05, 3.63) is 46.5 Å². The van der Waals surface area contributed by atoms with Gasteiger partial charge in [0.1, 0.15) is 5.75 Å². The van der Waals surface area contributed by atoms with Crippen molar-refractivity contribution in [1.82, 2.24) is 26.2 Å². The largest absolute Gasteiger partial charge is 0.491 e. The fraction of sp³-hybridized carbons (Fsp3) is 0.567. The summed E-state index contributed by atoms with van der Waals surface area (Å²) < 4.78 is 5.85. The molecular formula is C30H42N6O4S. The Morgan fingerprint density at radius 3 is 2.66 bits per heavy atom. The number of likely N-dealkylation sites (N-methyl/N-ethyl adjacent to an activating group) is 1. The second-order valence-corrected chi connectivity index (χ2v) is 13.0. The van der Waals surface area contributed by atoms with E-state index < -0.39 is 0 Å². The topological polar surface area (TPSA) is 115 Å². The van der Waals surface area contributed by atoms with E-state index in [4.69, 9.17) is 4.74 Å². The van der Waals surface area contributed by atoms with Crippen molar-refractivity contribution in [3.8, 4) is 5.75 Å². The van der Waals surface area contributed by atoms with E-state index in [1.807, 2.05) is 68.9 Å². The molecule has 4 aliphatic rings. The predicted octanol–water partition coefficient (Wildman–Crippen LogP) is 2.85. The predicted molar refractivity (Wildman–Crippen MR) is 162 cm³/mol. The molecule has 3 fully saturated rings. The van der Waals surface area contributed by atoms with Crippen LogP contribution in [0.3, 0.4) is 0 Å². The molecule has 0 spiro atoms. The van der Waals surface area contributed by atoms with Crippen LogP contribution < -0.4 is 30.9 Å². The van der Waals surface area contributed by atoms with Crippen LogP contribution in [0.4, 0.5) is 10.5 Å². The number of carbonyl (C=O) groups excluding carboxylic acids is 3. The molecule has 0 bridgehead atoms. The Morgan fingerprint density at radius 2 is 1.95 bits per heavy atom. The lowest BCUT2D eigenvalue weighted by molar-refractivity contribution is -0.117. The second kappa shape index (κ2) is 12.5. The van der Waals surface area contributed by atoms with E-state index in [-0.39, 0.29) is 53.4 Å². The zero-order chi connectivity index (χ0) is 29.3. The van der Waals surface area contributed by atoms with Gasteiger partial charge in [0.05, 0.1) is 22.4 Å². The smallest absolute Gasteiger partial charge is 0.326 e. The van der Waals surface area contributed by atoms with E-state index in [0.717, 1.165) is 48.5 Å². The first-order valence-corrected chi connectivity index (χ1v) is 15.4. The second-order valence-electron chi connectivity index (χ2n) is 11.9. The zero-order valence-electron chi connectivity index (χ0n) is 24.5. The molecule has 10 nitrogen and oxygen atoms in total. The van der Waals surface area contributed by atoms with Gasteiger partial charge in [-0.15, -0.1) is 0 Å². The molecule has 11 heteroatoms. The normalized spacial score (nSPS) is 27.4. The number of benzene rings is 1. The number of piperidine rings is 1. The van der Waals surface area contributed by atoms with E-state index in [9.17, 15) is 14.4 Å². The van der Waals surface area contributed by atoms with Gasteiger partial charge in [0.2, 0.25) is 5.91 Å². The quantitative estimate of drug-likeness (QED) is 0.331. The number of anilines is 1. The molecule has 2 saturated heterocycles. The van der Waals surface area contributed by atoms with Crippen molar-refractivity contribution in [1.29, 1.82) is 0 Å². The summed E-state index contributed by atoms with van der Waals surface area (Å²) in [4.78, 5) is 43.8. The highest BCUT2D eigenvalue weighted by Crippen LogP contribution is 2.48. The maximum absolute atomic E-state index is 13.6. The highest BCUT2D eigenvalue weighted by Gasteiger charge is 2.52. The maximum atomic E-state index is 13.6. The molecule has 5 atom stereocenters. The first-order valence-electron chi connectivity index (χ1n) is 14.5. The van der Waals surface area contributed by atoms with Crippen LogP contribution >= 0.6 is 11.8 Å². The third-order valence-electron chi connectivity index (χ3n) is 8.00. The van der Waals surface area contributed by atoms with Gasteiger partial charge in [-0.3, -0.25) is 14.5 Å². The molecule has 1 saturated carbocycles. The lowest BCUT2D eigenvalue weighted by atomic mass is 9.86. The fourth-order valence-electron chi connectivity index (χ4n) is 6.26. The minimum absolute atomic E-state index is 0.0113. The number of thioether (sulfide) groups is 1. The van der Waals surface area contributed by atoms with Crippen molar-refractivity contribution < 1.29 is 19.1 Å². The Kier molecular flexibility index (Phi) is 8.96. The van der Waals surface area contributed by atoms with Crippen molar-refractivity contribution in [3.63, 3.8) is 0 Å². The molecule has 1 aromatic carbocycles. The Labute approximate surface area is 246 Å². The SMILES string of the molecule is Cc1cc(OC(C)C)ccc1N1C(=O)NC2=C(C(=O)N[C@H]3CC[C@@H](NC(=O)/C=C/CN(C)C)C3)SC3NCCC1C23. The third kappa shape index (κ3) is 6.57. The Hall–Kier alpha value is -3.02. The van der Waals surface area contributed by atoms with Crippen LogP contribution in [0.1, 0.15) is 45.1 Å². The number of hydrogen-bond donors (Lipinski definition) is 4. The highest BCUT2D eigenvalue weighted by atomic mass is 32.2. The minimum atomic E-state index is -0.207. The lowest BCUT2D eigenvalue weighted by Crippen LogP contribution is -2.62. The number of nitrogens with zero attached hydrogens (tertiary/aromatic N) is 2. The first-order chi connectivity index (χ1) is 19.6. The van der Waals surface area contributed by atoms with Crippen LogP contribution in [0.25, 0.3) is 0 Å². The van der Waals surface area contributed by atoms with E-state index >= 15 is 0 Å². The number of nitrogens with one attached hydrogen (secondary N) is 4. The number of hydrogen-bond acceptors (Lipinski definition) is 7. The Bertz CT molecular complexity index is 1250. The summed E-state index contributed by atoms with van der Waals surface area (Å²) in [5.74, 6) is 0.520. The summed E-state index contributed by atoms with van der Waals surface area (Å²) in [7, 11) is 3.91. The monoisotopic (exact) mass is 582 g/mol. The third-order valence-corrected chi connectivity index (χ3v) is 9.36. The van der Waals surface area contributed by atoms with E-state index in [1.165, 1.54) is 11.8 Å². The van der Waals surface area contributed by atoms with E-state index in [1.54, 1.807) is 6.08 Å². The Balaban J connectivity index is 1.26. The molecule has 4 amide bonds. The van der Waals surface area contributed by atoms with Crippen molar-refractivity contribution in [2.75, 3.05) is 32.1 Å². The summed E-state index contributed by atoms with van der Waals surface area (Å²) in [5, 5.41) is 12.9. The molecule has 3 heterocycles. The average Bonchev–Trinajstić information content (AvgIpc) is 3.49. The molecule has 1 aromatic rings. The molecule has 4 N–H and O–H groups in total. The van der Waals surface area contributed by atoms with E-state index in [2.05, 4.69) is 21.3 Å². The minimum Gasteiger partial charge on any atom is -0.491 e. The van der Waals surface area contributed by atoms with Crippen molar-refractivity contribution in [2.24, 2.45) is 5.92 Å². The first kappa shape index (κ1) is 29.5. The van der Waals surface area contributed by atoms with E-state index in [0.29, 0.717) is 17.9 Å². The summed E-state index contributed by atoms with van der Waals surface area (Å²) in [6.45, 7) is 7.46. The summed E-state index contributed by atoms with van der Waals surface area (Å²) in [5.41, 5.74) is 2.56. The fourth-order valence-corrected chi connectivity index (χ4v) is 7.66. The van der Waals surface area contributed by atoms with Crippen LogP contribution in [0.15, 0.2) is 41.0 Å². The van der Waals surface area contributed by atoms with Crippen molar-refractivity contribution >= 4 is 35.3 Å². The molecule has 1 aliphatic carbocycles. The number of ether oxygens (including phenoxy) is 1. The summed E-state index contributed by atoms with van der Waals surface area (Å²) in [6, 6.07) is 5.60. The highest BCUT2D eigenvalue weighted by molar-refractivity contribution is 8.04. The van der Waals surface area contributed by atoms with Gasteiger partial charge in [0, 0.05) is 42.0 Å². The molecule has 222 valence electrons. The van der Waals surface area contributed by atoms with Crippen LogP contribution in [0.5, 0.6) is 5.75 Å². The molecular weight excluding hydrogens is 540 g/mol. The number of rotatable bonds is 9. The van der Waals surface area contributed by atoms with Gasteiger partial charge in [-0.05, 0) is 90.9 Å². The van der Waals surface area contributed by atoms with Crippen LogP contribution in [0, 0.1) is 12.8 Å². The Morgan fingerprint density at radius 1 is 1.20 bits per heavy atom. The average molecular weight is 583 g/mol. The zero-order valence-corrected chi connectivity index (χ0v) is 25.3. The molecule has 3 unspecified atom stereocenters. The summed E-state index contributed by atoms with van der Waals surface area (Å²) in [6.07, 6.45) is 6.59. The van der Waals surface area contributed by atoms with Crippen LogP contribution in [0.2, 0.25) is 0 Å². The maximum Gasteiger partial charge on any atom is 0.326 e. The van der Waals surface area contributed by atoms with Gasteiger partial charge in [-0.1, -0.05) is 17.8 Å². The molecule has 3 aliphatic heterocycles. The molecule has 0 aromatic heterocycles. The van der Waals surface area contributed by atoms with Gasteiger partial charge in [0.15, 0.2) is 0 Å². The van der Waals surface area contributed by atoms with Gasteiger partial charge in [-0.25, -0.2) is 4.79 Å². The van der Waals surface area contributed by atoms with Crippen molar-refractivity contribution in [2.45, 2.75) is 76.1 Å². The van der Waals surface area contributed by atoms with Crippen LogP contribution in [-0.2, 0) is 9.59 Å². The summed E-state index contributed by atoms with van der Waals surface area (Å²) >= 11 is 1.51. The van der Waals surface area contributed by atoms with Crippen LogP contribution in [-0.4, -0.2) is 79.5 Å². The van der Waals surface area contributed by atoms with Gasteiger partial charge in [0.25, 0.3) is 5.91 Å². The lowest BCUT2D eigenvalue weighted by Gasteiger charge is -2.46. The number of amides is 4. The van der Waals surface area contributed by atoms with Gasteiger partial charge in [-0.2, -0.15) is 0 Å². The molecule has 5 rings (SSSR count). The van der Waals surface area contributed by atoms with Gasteiger partial charge >= 0.3 is 6.03 Å². The number of urea groups is 1. The molecule has 0 radical (unpaired) electrons. The van der Waals surface area contributed by atoms with Gasteiger partial charge < -0.3 is 30.9 Å². The standard InChI is InChI=1S/C30H42N6O4S/c1-17(2)40-21-10-11-22(18(3)15-21)36-23-12-13-31-29-25(23)26(34-30(36)39)27(41-29)28(38)33-20-9-8-19(16-20)32-24(37)7-6-14-35(4)5/h6-7,10-11,15,17,19-20,23,25,29,31H,8-9,12-14,16H2,1-5H3,(H,32,37)(H,33,38)(H,34,39)/b7-6+/t19-,20+,23?,25?,29?/m1/s1.